The van der Waals surface area contributed by atoms with Crippen molar-refractivity contribution in [2.45, 2.75) is 19.8 Å². The predicted octanol–water partition coefficient (Wildman–Crippen LogP) is 1.43. The van der Waals surface area contributed by atoms with Crippen LogP contribution in [0.1, 0.15) is 29.4 Å². The number of nitrogens with zero attached hydrogens (tertiary/aromatic N) is 1. The highest BCUT2D eigenvalue weighted by Gasteiger charge is 2.08. The van der Waals surface area contributed by atoms with Crippen molar-refractivity contribution in [1.82, 2.24) is 10.3 Å². The van der Waals surface area contributed by atoms with Crippen molar-refractivity contribution in [1.29, 1.82) is 0 Å². The van der Waals surface area contributed by atoms with Crippen LogP contribution in [0.5, 0.6) is 0 Å². The van der Waals surface area contributed by atoms with E-state index in [-0.39, 0.29) is 19.1 Å². The number of aliphatic hydroxyl groups excluding tert-OH is 1. The van der Waals surface area contributed by atoms with E-state index in [9.17, 15) is 4.79 Å². The maximum atomic E-state index is 11.9. The van der Waals surface area contributed by atoms with Gasteiger partial charge in [-0.2, -0.15) is 0 Å². The van der Waals surface area contributed by atoms with Crippen molar-refractivity contribution < 1.29 is 14.6 Å². The molecule has 0 aliphatic heterocycles. The third-order valence-corrected chi connectivity index (χ3v) is 2.58. The average Bonchev–Trinajstić information content (AvgIpc) is 2.38. The van der Waals surface area contributed by atoms with E-state index >= 15 is 0 Å². The van der Waals surface area contributed by atoms with E-state index < -0.39 is 0 Å². The maximum absolute atomic E-state index is 11.9. The van der Waals surface area contributed by atoms with Gasteiger partial charge in [0.1, 0.15) is 5.15 Å². The molecular formula is C13H19ClN2O3. The molecule has 0 saturated carbocycles. The van der Waals surface area contributed by atoms with Crippen molar-refractivity contribution in [3.63, 3.8) is 0 Å². The summed E-state index contributed by atoms with van der Waals surface area (Å²) in [6, 6.07) is 3.30. The van der Waals surface area contributed by atoms with Crippen LogP contribution < -0.4 is 5.32 Å². The van der Waals surface area contributed by atoms with Crippen LogP contribution in [0.3, 0.4) is 0 Å². The first kappa shape index (κ1) is 15.9. The van der Waals surface area contributed by atoms with Crippen LogP contribution in [0.2, 0.25) is 5.15 Å². The first-order valence-corrected chi connectivity index (χ1v) is 6.68. The Kier molecular flexibility index (Phi) is 7.40. The van der Waals surface area contributed by atoms with Gasteiger partial charge in [0, 0.05) is 17.8 Å². The number of hydrogen-bond acceptors (Lipinski definition) is 4. The van der Waals surface area contributed by atoms with Gasteiger partial charge in [-0.1, -0.05) is 24.9 Å². The zero-order chi connectivity index (χ0) is 14.1. The van der Waals surface area contributed by atoms with Crippen LogP contribution in [0.15, 0.2) is 12.1 Å². The Morgan fingerprint density at radius 3 is 2.95 bits per heavy atom. The quantitative estimate of drug-likeness (QED) is 0.560. The Balaban J connectivity index is 2.51. The second-order valence-corrected chi connectivity index (χ2v) is 4.40. The molecule has 0 bridgehead atoms. The van der Waals surface area contributed by atoms with Gasteiger partial charge in [-0.15, -0.1) is 0 Å². The van der Waals surface area contributed by atoms with E-state index in [2.05, 4.69) is 10.3 Å². The molecule has 0 aliphatic carbocycles. The van der Waals surface area contributed by atoms with E-state index in [1.54, 1.807) is 12.1 Å². The fraction of sp³-hybridized carbons (Fsp3) is 0.538. The lowest BCUT2D eigenvalue weighted by Gasteiger charge is -2.07. The number of amides is 1. The van der Waals surface area contributed by atoms with E-state index in [0.29, 0.717) is 23.9 Å². The standard InChI is InChI=1S/C13H19ClN2O3/c1-2-3-11-8-10(9-12(14)16-11)13(18)15-4-6-19-7-5-17/h8-9,17H,2-7H2,1H3,(H,15,18). The number of nitrogens with one attached hydrogen (secondary N) is 1. The van der Waals surface area contributed by atoms with E-state index in [4.69, 9.17) is 21.4 Å². The number of rotatable bonds is 8. The van der Waals surface area contributed by atoms with Crippen molar-refractivity contribution >= 4 is 17.5 Å². The van der Waals surface area contributed by atoms with E-state index in [0.717, 1.165) is 18.5 Å². The molecule has 0 spiro atoms. The summed E-state index contributed by atoms with van der Waals surface area (Å²) in [5, 5.41) is 11.6. The number of aliphatic hydroxyl groups is 1. The molecule has 19 heavy (non-hydrogen) atoms. The molecule has 0 saturated heterocycles. The second-order valence-electron chi connectivity index (χ2n) is 4.01. The van der Waals surface area contributed by atoms with Gasteiger partial charge in [-0.3, -0.25) is 4.79 Å². The molecule has 6 heteroatoms. The molecule has 1 amide bonds. The Morgan fingerprint density at radius 2 is 2.26 bits per heavy atom. The molecule has 0 atom stereocenters. The van der Waals surface area contributed by atoms with Crippen molar-refractivity contribution in [2.75, 3.05) is 26.4 Å². The Bertz CT molecular complexity index is 413. The summed E-state index contributed by atoms with van der Waals surface area (Å²) >= 11 is 5.89. The molecule has 0 fully saturated rings. The van der Waals surface area contributed by atoms with Crippen LogP contribution in [0, 0.1) is 0 Å². The van der Waals surface area contributed by atoms with Crippen LogP contribution in [-0.2, 0) is 11.2 Å². The number of halogens is 1. The first-order chi connectivity index (χ1) is 9.17. The lowest BCUT2D eigenvalue weighted by Crippen LogP contribution is -2.27. The second kappa shape index (κ2) is 8.85. The largest absolute Gasteiger partial charge is 0.394 e. The zero-order valence-electron chi connectivity index (χ0n) is 11.0. The molecule has 5 nitrogen and oxygen atoms in total. The Morgan fingerprint density at radius 1 is 1.47 bits per heavy atom. The van der Waals surface area contributed by atoms with Crippen LogP contribution >= 0.6 is 11.6 Å². The number of carbonyl (C=O) groups is 1. The van der Waals surface area contributed by atoms with Crippen LogP contribution in [0.25, 0.3) is 0 Å². The minimum Gasteiger partial charge on any atom is -0.394 e. The van der Waals surface area contributed by atoms with Crippen LogP contribution in [0.4, 0.5) is 0 Å². The third-order valence-electron chi connectivity index (χ3n) is 2.38. The lowest BCUT2D eigenvalue weighted by atomic mass is 10.1. The van der Waals surface area contributed by atoms with Gasteiger partial charge in [-0.25, -0.2) is 4.98 Å². The SMILES string of the molecule is CCCc1cc(C(=O)NCCOCCO)cc(Cl)n1. The highest BCUT2D eigenvalue weighted by atomic mass is 35.5. The number of pyridine rings is 1. The topological polar surface area (TPSA) is 71.5 Å². The van der Waals surface area contributed by atoms with Gasteiger partial charge < -0.3 is 15.2 Å². The molecule has 0 unspecified atom stereocenters. The maximum Gasteiger partial charge on any atom is 0.251 e. The summed E-state index contributed by atoms with van der Waals surface area (Å²) in [5.74, 6) is -0.200. The Labute approximate surface area is 117 Å². The summed E-state index contributed by atoms with van der Waals surface area (Å²) in [7, 11) is 0. The van der Waals surface area contributed by atoms with Gasteiger partial charge in [0.15, 0.2) is 0 Å². The summed E-state index contributed by atoms with van der Waals surface area (Å²) in [6.45, 7) is 3.06. The van der Waals surface area contributed by atoms with Crippen molar-refractivity contribution in [3.05, 3.63) is 28.5 Å². The van der Waals surface area contributed by atoms with Gasteiger partial charge in [0.05, 0.1) is 19.8 Å². The molecule has 0 radical (unpaired) electrons. The van der Waals surface area contributed by atoms with Crippen molar-refractivity contribution in [3.8, 4) is 0 Å². The molecule has 1 heterocycles. The highest BCUT2D eigenvalue weighted by molar-refractivity contribution is 6.29. The van der Waals surface area contributed by atoms with Gasteiger partial charge in [-0.05, 0) is 18.6 Å². The van der Waals surface area contributed by atoms with E-state index in [1.165, 1.54) is 0 Å². The third kappa shape index (κ3) is 6.00. The molecule has 0 aliphatic rings. The molecule has 1 aromatic rings. The summed E-state index contributed by atoms with van der Waals surface area (Å²) in [4.78, 5) is 16.0. The fourth-order valence-corrected chi connectivity index (χ4v) is 1.80. The summed E-state index contributed by atoms with van der Waals surface area (Å²) in [6.07, 6.45) is 1.74. The monoisotopic (exact) mass is 286 g/mol. The van der Waals surface area contributed by atoms with Gasteiger partial charge in [0.2, 0.25) is 0 Å². The summed E-state index contributed by atoms with van der Waals surface area (Å²) in [5.41, 5.74) is 1.32. The number of aromatic nitrogens is 1. The summed E-state index contributed by atoms with van der Waals surface area (Å²) < 4.78 is 5.05. The normalized spacial score (nSPS) is 10.5. The van der Waals surface area contributed by atoms with Crippen molar-refractivity contribution in [2.24, 2.45) is 0 Å². The highest BCUT2D eigenvalue weighted by Crippen LogP contribution is 2.12. The average molecular weight is 287 g/mol. The molecule has 1 aromatic heterocycles. The fourth-order valence-electron chi connectivity index (χ4n) is 1.57. The zero-order valence-corrected chi connectivity index (χ0v) is 11.7. The minimum atomic E-state index is -0.200. The molecule has 106 valence electrons. The van der Waals surface area contributed by atoms with Gasteiger partial charge >= 0.3 is 0 Å². The Hall–Kier alpha value is -1.17. The molecule has 0 aromatic carbocycles. The lowest BCUT2D eigenvalue weighted by molar-refractivity contribution is 0.0838. The first-order valence-electron chi connectivity index (χ1n) is 6.30. The molecular weight excluding hydrogens is 268 g/mol. The minimum absolute atomic E-state index is 0.0196. The number of carbonyl (C=O) groups excluding carboxylic acids is 1. The smallest absolute Gasteiger partial charge is 0.251 e. The number of aryl methyl sites for hydroxylation is 1. The predicted molar refractivity (Wildman–Crippen MR) is 73.5 cm³/mol. The number of ether oxygens (including phenoxy) is 1. The van der Waals surface area contributed by atoms with E-state index in [1.807, 2.05) is 6.92 Å². The molecule has 2 N–H and O–H groups in total. The number of hydrogen-bond donors (Lipinski definition) is 2. The molecule has 1 rings (SSSR count). The van der Waals surface area contributed by atoms with Gasteiger partial charge in [0.25, 0.3) is 5.91 Å². The van der Waals surface area contributed by atoms with Crippen LogP contribution in [-0.4, -0.2) is 42.4 Å².